The van der Waals surface area contributed by atoms with Crippen LogP contribution in [0.2, 0.25) is 0 Å². The molecule has 2 heterocycles. The Hall–Kier alpha value is -3.13. The number of carbonyl (C=O) groups is 1. The fourth-order valence-electron chi connectivity index (χ4n) is 2.69. The number of nitrogens with zero attached hydrogens (tertiary/aromatic N) is 2. The fraction of sp³-hybridized carbons (Fsp3) is 0.167. The number of nitrogens with one attached hydrogen (secondary N) is 2. The van der Waals surface area contributed by atoms with Crippen LogP contribution >= 0.6 is 0 Å². The van der Waals surface area contributed by atoms with Crippen LogP contribution in [-0.4, -0.2) is 22.4 Å². The molecule has 2 aromatic heterocycles. The molecule has 1 amide bonds. The average Bonchev–Trinajstić information content (AvgIpc) is 2.90. The second kappa shape index (κ2) is 6.32. The van der Waals surface area contributed by atoms with Gasteiger partial charge in [-0.05, 0) is 37.1 Å². The number of pyridine rings is 1. The van der Waals surface area contributed by atoms with Crippen LogP contribution in [-0.2, 0) is 6.42 Å². The molecular formula is C18H16N4O. The van der Waals surface area contributed by atoms with Crippen LogP contribution < -0.4 is 5.32 Å². The summed E-state index contributed by atoms with van der Waals surface area (Å²) in [7, 11) is 0. The predicted octanol–water partition coefficient (Wildman–Crippen LogP) is 2.72. The zero-order valence-corrected chi connectivity index (χ0v) is 12.8. The van der Waals surface area contributed by atoms with Crippen LogP contribution in [0.15, 0.2) is 42.6 Å². The van der Waals surface area contributed by atoms with Gasteiger partial charge in [0.2, 0.25) is 0 Å². The largest absolute Gasteiger partial charge is 0.358 e. The Morgan fingerprint density at radius 2 is 2.17 bits per heavy atom. The van der Waals surface area contributed by atoms with Crippen molar-refractivity contribution < 1.29 is 4.79 Å². The topological polar surface area (TPSA) is 81.6 Å². The number of H-pyrrole nitrogens is 1. The summed E-state index contributed by atoms with van der Waals surface area (Å²) in [5.41, 5.74) is 4.14. The fourth-order valence-corrected chi connectivity index (χ4v) is 2.69. The number of aryl methyl sites for hydroxylation is 1. The van der Waals surface area contributed by atoms with Crippen molar-refractivity contribution in [2.45, 2.75) is 13.3 Å². The molecule has 3 rings (SSSR count). The first-order valence-corrected chi connectivity index (χ1v) is 7.39. The van der Waals surface area contributed by atoms with Crippen LogP contribution in [0, 0.1) is 18.3 Å². The van der Waals surface area contributed by atoms with E-state index in [0.29, 0.717) is 12.1 Å². The maximum atomic E-state index is 12.1. The molecule has 0 saturated heterocycles. The van der Waals surface area contributed by atoms with E-state index in [9.17, 15) is 4.79 Å². The molecule has 5 heteroatoms. The first-order valence-electron chi connectivity index (χ1n) is 7.39. The molecule has 5 nitrogen and oxygen atoms in total. The third-order valence-electron chi connectivity index (χ3n) is 3.82. The monoisotopic (exact) mass is 304 g/mol. The molecule has 114 valence electrons. The van der Waals surface area contributed by atoms with Gasteiger partial charge in [-0.25, -0.2) is 4.98 Å². The van der Waals surface area contributed by atoms with E-state index in [2.05, 4.69) is 21.4 Å². The van der Waals surface area contributed by atoms with Crippen molar-refractivity contribution in [3.8, 4) is 6.07 Å². The lowest BCUT2D eigenvalue weighted by molar-refractivity contribution is 0.0954. The van der Waals surface area contributed by atoms with Crippen molar-refractivity contribution in [2.24, 2.45) is 0 Å². The van der Waals surface area contributed by atoms with Crippen LogP contribution in [0.5, 0.6) is 0 Å². The molecule has 0 saturated carbocycles. The number of hydrogen-bond donors (Lipinski definition) is 2. The van der Waals surface area contributed by atoms with Crippen molar-refractivity contribution in [1.82, 2.24) is 15.3 Å². The van der Waals surface area contributed by atoms with E-state index in [1.165, 1.54) is 23.2 Å². The Labute approximate surface area is 134 Å². The molecular weight excluding hydrogens is 288 g/mol. The number of fused-ring (bicyclic) bond motifs is 1. The van der Waals surface area contributed by atoms with Gasteiger partial charge in [0.15, 0.2) is 0 Å². The van der Waals surface area contributed by atoms with Crippen molar-refractivity contribution >= 4 is 16.8 Å². The third-order valence-corrected chi connectivity index (χ3v) is 3.82. The number of amides is 1. The average molecular weight is 304 g/mol. The standard InChI is InChI=1S/C18H16N4O/c1-12-15(16-4-2-3-5-17(16)22-12)7-9-21-18(23)13-6-8-20-14(10-13)11-19/h2-6,8,10,22H,7,9H2,1H3,(H,21,23). The summed E-state index contributed by atoms with van der Waals surface area (Å²) in [6.45, 7) is 2.57. The van der Waals surface area contributed by atoms with E-state index in [-0.39, 0.29) is 11.6 Å². The predicted molar refractivity (Wildman–Crippen MR) is 88.0 cm³/mol. The molecule has 0 aliphatic rings. The van der Waals surface area contributed by atoms with E-state index in [1.54, 1.807) is 6.07 Å². The van der Waals surface area contributed by atoms with Gasteiger partial charge in [-0.15, -0.1) is 0 Å². The molecule has 1 aromatic carbocycles. The summed E-state index contributed by atoms with van der Waals surface area (Å²) in [6, 6.07) is 13.2. The SMILES string of the molecule is Cc1[nH]c2ccccc2c1CCNC(=O)c1ccnc(C#N)c1. The zero-order chi connectivity index (χ0) is 16.2. The van der Waals surface area contributed by atoms with Crippen molar-refractivity contribution in [1.29, 1.82) is 5.26 Å². The highest BCUT2D eigenvalue weighted by Gasteiger charge is 2.10. The van der Waals surface area contributed by atoms with E-state index in [1.807, 2.05) is 31.2 Å². The van der Waals surface area contributed by atoms with Gasteiger partial charge in [0.05, 0.1) is 0 Å². The molecule has 0 bridgehead atoms. The van der Waals surface area contributed by atoms with E-state index in [0.717, 1.165) is 17.6 Å². The van der Waals surface area contributed by atoms with Gasteiger partial charge < -0.3 is 10.3 Å². The molecule has 0 aliphatic carbocycles. The minimum Gasteiger partial charge on any atom is -0.358 e. The summed E-state index contributed by atoms with van der Waals surface area (Å²) in [4.78, 5) is 19.4. The van der Waals surface area contributed by atoms with Gasteiger partial charge in [-0.3, -0.25) is 4.79 Å². The van der Waals surface area contributed by atoms with Crippen LogP contribution in [0.25, 0.3) is 10.9 Å². The molecule has 0 aliphatic heterocycles. The summed E-state index contributed by atoms with van der Waals surface area (Å²) in [5.74, 6) is -0.193. The van der Waals surface area contributed by atoms with Gasteiger partial charge in [0, 0.05) is 34.9 Å². The number of aromatic nitrogens is 2. The molecule has 3 aromatic rings. The van der Waals surface area contributed by atoms with Crippen LogP contribution in [0.1, 0.15) is 27.3 Å². The van der Waals surface area contributed by atoms with Gasteiger partial charge in [-0.2, -0.15) is 5.26 Å². The van der Waals surface area contributed by atoms with Gasteiger partial charge in [0.1, 0.15) is 11.8 Å². The molecule has 0 fully saturated rings. The first kappa shape index (κ1) is 14.8. The normalized spacial score (nSPS) is 10.4. The molecule has 0 spiro atoms. The lowest BCUT2D eigenvalue weighted by Crippen LogP contribution is -2.25. The molecule has 0 unspecified atom stereocenters. The van der Waals surface area contributed by atoms with E-state index < -0.39 is 0 Å². The summed E-state index contributed by atoms with van der Waals surface area (Å²) in [5, 5.41) is 12.9. The molecule has 2 N–H and O–H groups in total. The lowest BCUT2D eigenvalue weighted by atomic mass is 10.1. The van der Waals surface area contributed by atoms with Crippen LogP contribution in [0.3, 0.4) is 0 Å². The number of aromatic amines is 1. The maximum absolute atomic E-state index is 12.1. The number of carbonyl (C=O) groups excluding carboxylic acids is 1. The van der Waals surface area contributed by atoms with E-state index >= 15 is 0 Å². The Kier molecular flexibility index (Phi) is 4.07. The summed E-state index contributed by atoms with van der Waals surface area (Å²) in [6.07, 6.45) is 2.22. The van der Waals surface area contributed by atoms with Gasteiger partial charge in [-0.1, -0.05) is 18.2 Å². The number of benzene rings is 1. The maximum Gasteiger partial charge on any atom is 0.251 e. The zero-order valence-electron chi connectivity index (χ0n) is 12.8. The summed E-state index contributed by atoms with van der Waals surface area (Å²) >= 11 is 0. The summed E-state index contributed by atoms with van der Waals surface area (Å²) < 4.78 is 0. The highest BCUT2D eigenvalue weighted by molar-refractivity contribution is 5.94. The van der Waals surface area contributed by atoms with Gasteiger partial charge in [0.25, 0.3) is 5.91 Å². The van der Waals surface area contributed by atoms with E-state index in [4.69, 9.17) is 5.26 Å². The Morgan fingerprint density at radius 3 is 3.00 bits per heavy atom. The minimum absolute atomic E-state index is 0.193. The minimum atomic E-state index is -0.193. The second-order valence-corrected chi connectivity index (χ2v) is 5.32. The molecule has 23 heavy (non-hydrogen) atoms. The number of rotatable bonds is 4. The second-order valence-electron chi connectivity index (χ2n) is 5.32. The molecule has 0 atom stereocenters. The smallest absolute Gasteiger partial charge is 0.251 e. The molecule has 0 radical (unpaired) electrons. The van der Waals surface area contributed by atoms with Gasteiger partial charge >= 0.3 is 0 Å². The Bertz CT molecular complexity index is 905. The Balaban J connectivity index is 1.68. The lowest BCUT2D eigenvalue weighted by Gasteiger charge is -2.06. The number of nitriles is 1. The van der Waals surface area contributed by atoms with Crippen LogP contribution in [0.4, 0.5) is 0 Å². The van der Waals surface area contributed by atoms with Crippen molar-refractivity contribution in [3.05, 3.63) is 65.1 Å². The highest BCUT2D eigenvalue weighted by atomic mass is 16.1. The third kappa shape index (κ3) is 3.06. The first-order chi connectivity index (χ1) is 11.2. The number of para-hydroxylation sites is 1. The Morgan fingerprint density at radius 1 is 1.35 bits per heavy atom. The quantitative estimate of drug-likeness (QED) is 0.777. The number of hydrogen-bond acceptors (Lipinski definition) is 3. The van der Waals surface area contributed by atoms with Crippen molar-refractivity contribution in [2.75, 3.05) is 6.54 Å². The van der Waals surface area contributed by atoms with Crippen molar-refractivity contribution in [3.63, 3.8) is 0 Å². The highest BCUT2D eigenvalue weighted by Crippen LogP contribution is 2.21.